The molecule has 41 heavy (non-hydrogen) atoms. The second-order valence-corrected chi connectivity index (χ2v) is 12.1. The average Bonchev–Trinajstić information content (AvgIpc) is 3.36. The van der Waals surface area contributed by atoms with Crippen molar-refractivity contribution < 1.29 is 39.2 Å². The van der Waals surface area contributed by atoms with Crippen molar-refractivity contribution in [2.24, 2.45) is 0 Å². The topological polar surface area (TPSA) is 178 Å². The Morgan fingerprint density at radius 1 is 1.10 bits per heavy atom. The Balaban J connectivity index is 0.000000383. The van der Waals surface area contributed by atoms with E-state index in [0.717, 1.165) is 44.0 Å². The highest BCUT2D eigenvalue weighted by Crippen LogP contribution is 2.33. The fourth-order valence-electron chi connectivity index (χ4n) is 5.49. The molecule has 0 saturated carbocycles. The highest BCUT2D eigenvalue weighted by Gasteiger charge is 2.41. The molecule has 0 radical (unpaired) electrons. The zero-order valence-corrected chi connectivity index (χ0v) is 24.8. The third kappa shape index (κ3) is 10.1. The summed E-state index contributed by atoms with van der Waals surface area (Å²) in [6.07, 6.45) is 3.83. The quantitative estimate of drug-likeness (QED) is 0.234. The molecule has 0 amide bonds. The Morgan fingerprint density at radius 2 is 1.66 bits per heavy atom. The van der Waals surface area contributed by atoms with Crippen molar-refractivity contribution in [3.05, 3.63) is 53.8 Å². The second kappa shape index (κ2) is 13.5. The SMILES string of the molecule is C=CCn1ncc(CN(Cc2ccc(C)o2)C2CC(C)(C)NC(C)(C)C2)c1C.O=C(O)CC(O)(CC(=O)O)C(=O)O. The number of rotatable bonds is 12. The molecule has 1 fully saturated rings. The van der Waals surface area contributed by atoms with Crippen molar-refractivity contribution in [3.8, 4) is 0 Å². The minimum absolute atomic E-state index is 0.103. The van der Waals surface area contributed by atoms with Crippen LogP contribution in [0.5, 0.6) is 0 Å². The van der Waals surface area contributed by atoms with Crippen molar-refractivity contribution in [1.29, 1.82) is 0 Å². The van der Waals surface area contributed by atoms with Gasteiger partial charge in [-0.3, -0.25) is 19.2 Å². The van der Waals surface area contributed by atoms with Crippen LogP contribution in [0.15, 0.2) is 35.4 Å². The molecule has 0 aliphatic carbocycles. The van der Waals surface area contributed by atoms with Crippen molar-refractivity contribution in [2.75, 3.05) is 0 Å². The molecule has 0 bridgehead atoms. The molecule has 1 aliphatic rings. The summed E-state index contributed by atoms with van der Waals surface area (Å²) in [5.74, 6) is -3.02. The maximum absolute atomic E-state index is 10.3. The van der Waals surface area contributed by atoms with E-state index in [4.69, 9.17) is 24.8 Å². The summed E-state index contributed by atoms with van der Waals surface area (Å²) in [5.41, 5.74) is -0.0396. The number of allylic oxidation sites excluding steroid dienone is 1. The van der Waals surface area contributed by atoms with Gasteiger partial charge in [0.2, 0.25) is 0 Å². The van der Waals surface area contributed by atoms with E-state index >= 15 is 0 Å². The van der Waals surface area contributed by atoms with E-state index in [2.05, 4.69) is 68.6 Å². The molecule has 1 saturated heterocycles. The number of nitrogens with one attached hydrogen (secondary N) is 1. The summed E-state index contributed by atoms with van der Waals surface area (Å²) < 4.78 is 7.95. The van der Waals surface area contributed by atoms with Crippen LogP contribution in [-0.2, 0) is 34.0 Å². The largest absolute Gasteiger partial charge is 0.481 e. The maximum Gasteiger partial charge on any atom is 0.336 e. The lowest BCUT2D eigenvalue weighted by molar-refractivity contribution is -0.170. The van der Waals surface area contributed by atoms with Gasteiger partial charge >= 0.3 is 17.9 Å². The number of piperidine rings is 1. The van der Waals surface area contributed by atoms with Crippen molar-refractivity contribution in [1.82, 2.24) is 20.0 Å². The molecule has 2 aromatic rings. The molecule has 3 heterocycles. The summed E-state index contributed by atoms with van der Waals surface area (Å²) in [6, 6.07) is 4.63. The molecule has 12 nitrogen and oxygen atoms in total. The lowest BCUT2D eigenvalue weighted by atomic mass is 9.79. The van der Waals surface area contributed by atoms with Gasteiger partial charge in [0.25, 0.3) is 0 Å². The number of carboxylic acid groups (broad SMARTS) is 3. The Hall–Kier alpha value is -3.48. The number of aromatic nitrogens is 2. The van der Waals surface area contributed by atoms with Crippen LogP contribution in [0.2, 0.25) is 0 Å². The van der Waals surface area contributed by atoms with Gasteiger partial charge in [-0.25, -0.2) is 4.79 Å². The van der Waals surface area contributed by atoms with E-state index in [9.17, 15) is 14.4 Å². The van der Waals surface area contributed by atoms with Gasteiger partial charge in [-0.15, -0.1) is 6.58 Å². The summed E-state index contributed by atoms with van der Waals surface area (Å²) in [7, 11) is 0. The highest BCUT2D eigenvalue weighted by atomic mass is 16.4. The average molecular weight is 577 g/mol. The first kappa shape index (κ1) is 33.7. The molecular weight excluding hydrogens is 532 g/mol. The van der Waals surface area contributed by atoms with Crippen molar-refractivity contribution >= 4 is 17.9 Å². The molecule has 0 aromatic carbocycles. The van der Waals surface area contributed by atoms with Gasteiger partial charge in [-0.05, 0) is 66.5 Å². The van der Waals surface area contributed by atoms with Crippen LogP contribution in [0.1, 0.15) is 76.2 Å². The van der Waals surface area contributed by atoms with Crippen LogP contribution >= 0.6 is 0 Å². The first-order chi connectivity index (χ1) is 18.9. The molecule has 0 unspecified atom stereocenters. The van der Waals surface area contributed by atoms with Crippen LogP contribution in [0, 0.1) is 13.8 Å². The molecule has 3 rings (SSSR count). The zero-order chi connectivity index (χ0) is 31.2. The Morgan fingerprint density at radius 3 is 2.10 bits per heavy atom. The molecule has 1 aliphatic heterocycles. The highest BCUT2D eigenvalue weighted by molar-refractivity contribution is 5.88. The lowest BCUT2D eigenvalue weighted by Crippen LogP contribution is -2.62. The molecular formula is C29H44N4O8. The third-order valence-electron chi connectivity index (χ3n) is 7.01. The van der Waals surface area contributed by atoms with Gasteiger partial charge in [0, 0.05) is 34.9 Å². The summed E-state index contributed by atoms with van der Waals surface area (Å²) >= 11 is 0. The number of furan rings is 1. The summed E-state index contributed by atoms with van der Waals surface area (Å²) in [6.45, 7) is 19.7. The fraction of sp³-hybridized carbons (Fsp3) is 0.586. The number of aryl methyl sites for hydroxylation is 1. The van der Waals surface area contributed by atoms with E-state index < -0.39 is 36.4 Å². The standard InChI is InChI=1S/C23H36N4O.C6H8O7/c1-8-11-27-18(3)19(14-24-27)15-26(16-21-10-9-17(2)28-21)20-12-22(4,5)25-23(6,7)13-20;7-3(8)1-6(13,5(11)12)2-4(9)10/h8-10,14,20,25H,1,11-13,15-16H2,2-7H3;13H,1-2H2,(H,7,8)(H,9,10)(H,11,12). The van der Waals surface area contributed by atoms with E-state index in [-0.39, 0.29) is 11.1 Å². The first-order valence-electron chi connectivity index (χ1n) is 13.5. The molecule has 0 spiro atoms. The number of aliphatic carboxylic acids is 3. The van der Waals surface area contributed by atoms with Gasteiger partial charge in [0.15, 0.2) is 5.60 Å². The lowest BCUT2D eigenvalue weighted by Gasteiger charge is -2.49. The van der Waals surface area contributed by atoms with Crippen LogP contribution in [-0.4, -0.2) is 75.7 Å². The van der Waals surface area contributed by atoms with Gasteiger partial charge < -0.3 is 30.2 Å². The monoisotopic (exact) mass is 576 g/mol. The number of nitrogens with zero attached hydrogens (tertiary/aromatic N) is 3. The van der Waals surface area contributed by atoms with Crippen LogP contribution < -0.4 is 5.32 Å². The smallest absolute Gasteiger partial charge is 0.336 e. The van der Waals surface area contributed by atoms with Crippen LogP contribution in [0.4, 0.5) is 0 Å². The number of aliphatic hydroxyl groups is 1. The van der Waals surface area contributed by atoms with Gasteiger partial charge in [0.1, 0.15) is 11.5 Å². The number of carboxylic acids is 3. The minimum Gasteiger partial charge on any atom is -0.481 e. The molecule has 2 aromatic heterocycles. The van der Waals surface area contributed by atoms with Gasteiger partial charge in [-0.2, -0.15) is 5.10 Å². The predicted molar refractivity (Wildman–Crippen MR) is 151 cm³/mol. The molecule has 5 N–H and O–H groups in total. The van der Waals surface area contributed by atoms with Crippen molar-refractivity contribution in [2.45, 2.75) is 110 Å². The van der Waals surface area contributed by atoms with Crippen molar-refractivity contribution in [3.63, 3.8) is 0 Å². The van der Waals surface area contributed by atoms with E-state index in [1.165, 1.54) is 11.3 Å². The summed E-state index contributed by atoms with van der Waals surface area (Å²) in [5, 5.41) is 42.2. The second-order valence-electron chi connectivity index (χ2n) is 12.1. The van der Waals surface area contributed by atoms with E-state index in [1.807, 2.05) is 23.9 Å². The third-order valence-corrected chi connectivity index (χ3v) is 7.01. The zero-order valence-electron chi connectivity index (χ0n) is 24.8. The molecule has 12 heteroatoms. The normalized spacial score (nSPS) is 16.6. The number of carbonyl (C=O) groups is 3. The minimum atomic E-state index is -2.74. The molecule has 0 atom stereocenters. The first-order valence-corrected chi connectivity index (χ1v) is 13.5. The Kier molecular flexibility index (Phi) is 11.1. The van der Waals surface area contributed by atoms with Gasteiger partial charge in [-0.1, -0.05) is 6.08 Å². The number of hydrogen-bond acceptors (Lipinski definition) is 8. The Labute approximate surface area is 240 Å². The van der Waals surface area contributed by atoms with Gasteiger partial charge in [0.05, 0.1) is 32.1 Å². The number of hydrogen-bond donors (Lipinski definition) is 5. The summed E-state index contributed by atoms with van der Waals surface area (Å²) in [4.78, 5) is 33.1. The molecule has 228 valence electrons. The van der Waals surface area contributed by atoms with E-state index in [0.29, 0.717) is 6.04 Å². The van der Waals surface area contributed by atoms with E-state index in [1.54, 1.807) is 0 Å². The maximum atomic E-state index is 10.3. The predicted octanol–water partition coefficient (Wildman–Crippen LogP) is 3.34. The Bertz CT molecular complexity index is 1200. The fourth-order valence-corrected chi connectivity index (χ4v) is 5.49. The van der Waals surface area contributed by atoms with Crippen LogP contribution in [0.3, 0.4) is 0 Å². The van der Waals surface area contributed by atoms with Crippen LogP contribution in [0.25, 0.3) is 0 Å².